The smallest absolute Gasteiger partial charge is 0.303 e. The zero-order chi connectivity index (χ0) is 22.3. The number of carboxylic acids is 1. The summed E-state index contributed by atoms with van der Waals surface area (Å²) < 4.78 is 0. The number of imidazole rings is 1. The minimum Gasteiger partial charge on any atom is -0.481 e. The number of likely N-dealkylation sites (tertiary alicyclic amines) is 1. The lowest BCUT2D eigenvalue weighted by Crippen LogP contribution is -2.46. The molecule has 0 spiro atoms. The molecular formula is C18H26N6O6. The number of hydrogen-bond acceptors (Lipinski definition) is 8. The van der Waals surface area contributed by atoms with Crippen molar-refractivity contribution in [3.05, 3.63) is 18.2 Å². The lowest BCUT2D eigenvalue weighted by Gasteiger charge is -2.21. The van der Waals surface area contributed by atoms with E-state index in [2.05, 4.69) is 15.3 Å². The van der Waals surface area contributed by atoms with Crippen molar-refractivity contribution in [3.8, 4) is 0 Å². The molecule has 30 heavy (non-hydrogen) atoms. The van der Waals surface area contributed by atoms with E-state index in [-0.39, 0.29) is 57.0 Å². The van der Waals surface area contributed by atoms with Gasteiger partial charge in [0.05, 0.1) is 37.2 Å². The molecule has 12 heteroatoms. The van der Waals surface area contributed by atoms with E-state index in [0.717, 1.165) is 0 Å². The van der Waals surface area contributed by atoms with Crippen LogP contribution < -0.4 is 16.8 Å². The van der Waals surface area contributed by atoms with Crippen molar-refractivity contribution in [2.75, 3.05) is 19.6 Å². The van der Waals surface area contributed by atoms with Crippen LogP contribution in [0.1, 0.15) is 25.0 Å². The topological polar surface area (TPSA) is 202 Å². The number of nitrogens with zero attached hydrogens (tertiary/aromatic N) is 2. The molecule has 0 aromatic carbocycles. The van der Waals surface area contributed by atoms with Gasteiger partial charge >= 0.3 is 5.97 Å². The first-order valence-electron chi connectivity index (χ1n) is 9.50. The number of carbonyl (C=O) groups excluding carboxylic acids is 4. The number of rotatable bonds is 12. The molecule has 1 aliphatic rings. The van der Waals surface area contributed by atoms with E-state index in [1.54, 1.807) is 6.20 Å². The predicted molar refractivity (Wildman–Crippen MR) is 103 cm³/mol. The number of aromatic amines is 1. The summed E-state index contributed by atoms with van der Waals surface area (Å²) >= 11 is 0. The highest BCUT2D eigenvalue weighted by molar-refractivity contribution is 5.97. The van der Waals surface area contributed by atoms with Crippen LogP contribution in [0.3, 0.4) is 0 Å². The summed E-state index contributed by atoms with van der Waals surface area (Å²) in [6.07, 6.45) is 2.74. The normalized spacial score (nSPS) is 18.1. The molecule has 1 unspecified atom stereocenters. The lowest BCUT2D eigenvalue weighted by atomic mass is 9.94. The first kappa shape index (κ1) is 23.2. The fourth-order valence-corrected chi connectivity index (χ4v) is 3.25. The summed E-state index contributed by atoms with van der Waals surface area (Å²) in [5.74, 6) is -3.67. The van der Waals surface area contributed by atoms with Crippen molar-refractivity contribution in [3.63, 3.8) is 0 Å². The summed E-state index contributed by atoms with van der Waals surface area (Å²) in [6, 6.07) is -1.91. The standard InChI is InChI=1S/C18H26N6O6/c19-5-15(26)23-13(1-2-17(28)29)18(30)10-3-16(27)24(7-10)8-14(25)12(20)4-11-6-21-9-22-11/h6,9-10,12-13H,1-5,7-8,19-20H2,(H,21,22)(H,23,26)(H,28,29)/t10?,12-,13-/m0/s1. The van der Waals surface area contributed by atoms with Gasteiger partial charge in [-0.05, 0) is 6.42 Å². The second-order valence-corrected chi connectivity index (χ2v) is 7.17. The molecule has 0 radical (unpaired) electrons. The molecule has 2 heterocycles. The van der Waals surface area contributed by atoms with Crippen LogP contribution in [0.5, 0.6) is 0 Å². The van der Waals surface area contributed by atoms with Crippen LogP contribution in [0.15, 0.2) is 12.5 Å². The van der Waals surface area contributed by atoms with Crippen LogP contribution in [0.2, 0.25) is 0 Å². The summed E-state index contributed by atoms with van der Waals surface area (Å²) in [5, 5.41) is 11.3. The third kappa shape index (κ3) is 6.46. The fourth-order valence-electron chi connectivity index (χ4n) is 3.25. The lowest BCUT2D eigenvalue weighted by molar-refractivity contribution is -0.138. The zero-order valence-corrected chi connectivity index (χ0v) is 16.4. The van der Waals surface area contributed by atoms with Gasteiger partial charge in [0.15, 0.2) is 11.6 Å². The van der Waals surface area contributed by atoms with Crippen LogP contribution in [-0.2, 0) is 30.4 Å². The molecule has 1 saturated heterocycles. The van der Waals surface area contributed by atoms with E-state index in [1.807, 2.05) is 0 Å². The van der Waals surface area contributed by atoms with Crippen molar-refractivity contribution >= 4 is 29.4 Å². The number of Topliss-reactive ketones (excluding diaryl/α,β-unsaturated/α-hetero) is 2. The minimum atomic E-state index is -1.12. The third-order valence-electron chi connectivity index (χ3n) is 4.87. The van der Waals surface area contributed by atoms with Gasteiger partial charge in [-0.25, -0.2) is 4.98 Å². The Morgan fingerprint density at radius 3 is 2.70 bits per heavy atom. The highest BCUT2D eigenvalue weighted by Crippen LogP contribution is 2.21. The SMILES string of the molecule is NCC(=O)N[C@@H](CCC(=O)O)C(=O)C1CC(=O)N(CC(=O)[C@@H](N)Cc2c[nH]cn2)C1. The Morgan fingerprint density at radius 2 is 2.10 bits per heavy atom. The Balaban J connectivity index is 1.96. The number of hydrogen-bond donors (Lipinski definition) is 5. The average molecular weight is 422 g/mol. The van der Waals surface area contributed by atoms with Gasteiger partial charge in [0.25, 0.3) is 0 Å². The Kier molecular flexibility index (Phi) is 8.18. The number of aromatic nitrogens is 2. The molecular weight excluding hydrogens is 396 g/mol. The van der Waals surface area contributed by atoms with Crippen molar-refractivity contribution in [1.82, 2.24) is 20.2 Å². The second-order valence-electron chi connectivity index (χ2n) is 7.17. The summed E-state index contributed by atoms with van der Waals surface area (Å²) in [6.45, 7) is -0.585. The van der Waals surface area contributed by atoms with Crippen LogP contribution in [0, 0.1) is 5.92 Å². The van der Waals surface area contributed by atoms with Crippen LogP contribution in [0.25, 0.3) is 0 Å². The first-order valence-corrected chi connectivity index (χ1v) is 9.50. The molecule has 2 rings (SSSR count). The van der Waals surface area contributed by atoms with Gasteiger partial charge < -0.3 is 31.8 Å². The maximum atomic E-state index is 12.8. The van der Waals surface area contributed by atoms with Gasteiger partial charge in [0.2, 0.25) is 11.8 Å². The molecule has 1 aliphatic heterocycles. The number of amides is 2. The molecule has 1 fully saturated rings. The first-order chi connectivity index (χ1) is 14.2. The number of nitrogens with two attached hydrogens (primary N) is 2. The van der Waals surface area contributed by atoms with Crippen molar-refractivity contribution < 1.29 is 29.1 Å². The van der Waals surface area contributed by atoms with E-state index < -0.39 is 35.7 Å². The van der Waals surface area contributed by atoms with Crippen LogP contribution in [0.4, 0.5) is 0 Å². The minimum absolute atomic E-state index is 0.000594. The summed E-state index contributed by atoms with van der Waals surface area (Å²) in [7, 11) is 0. The fraction of sp³-hybridized carbons (Fsp3) is 0.556. The molecule has 0 saturated carbocycles. The largest absolute Gasteiger partial charge is 0.481 e. The zero-order valence-electron chi connectivity index (χ0n) is 16.4. The van der Waals surface area contributed by atoms with Gasteiger partial charge in [-0.15, -0.1) is 0 Å². The quantitative estimate of drug-likeness (QED) is 0.243. The van der Waals surface area contributed by atoms with Gasteiger partial charge in [0, 0.05) is 37.9 Å². The van der Waals surface area contributed by atoms with Crippen molar-refractivity contribution in [2.45, 2.75) is 37.8 Å². The van der Waals surface area contributed by atoms with Crippen molar-refractivity contribution in [2.24, 2.45) is 17.4 Å². The molecule has 7 N–H and O–H groups in total. The highest BCUT2D eigenvalue weighted by atomic mass is 16.4. The van der Waals surface area contributed by atoms with E-state index in [0.29, 0.717) is 5.69 Å². The number of ketones is 2. The van der Waals surface area contributed by atoms with Gasteiger partial charge in [-0.1, -0.05) is 0 Å². The Hall–Kier alpha value is -3.12. The van der Waals surface area contributed by atoms with Gasteiger partial charge in [0.1, 0.15) is 0 Å². The molecule has 3 atom stereocenters. The maximum absolute atomic E-state index is 12.8. The molecule has 0 aliphatic carbocycles. The second kappa shape index (κ2) is 10.6. The third-order valence-corrected chi connectivity index (χ3v) is 4.87. The molecule has 0 bridgehead atoms. The van der Waals surface area contributed by atoms with E-state index in [9.17, 15) is 24.0 Å². The maximum Gasteiger partial charge on any atom is 0.303 e. The monoisotopic (exact) mass is 422 g/mol. The van der Waals surface area contributed by atoms with Crippen LogP contribution >= 0.6 is 0 Å². The molecule has 2 amide bonds. The number of carboxylic acid groups (broad SMARTS) is 1. The number of nitrogens with one attached hydrogen (secondary N) is 2. The summed E-state index contributed by atoms with van der Waals surface area (Å²) in [5.41, 5.74) is 11.8. The van der Waals surface area contributed by atoms with E-state index >= 15 is 0 Å². The molecule has 1 aromatic rings. The molecule has 1 aromatic heterocycles. The Morgan fingerprint density at radius 1 is 1.37 bits per heavy atom. The van der Waals surface area contributed by atoms with Crippen molar-refractivity contribution in [1.29, 1.82) is 0 Å². The summed E-state index contributed by atoms with van der Waals surface area (Å²) in [4.78, 5) is 67.9. The number of H-pyrrole nitrogens is 1. The van der Waals surface area contributed by atoms with Gasteiger partial charge in [-0.3, -0.25) is 24.0 Å². The van der Waals surface area contributed by atoms with Crippen LogP contribution in [-0.4, -0.2) is 81.0 Å². The highest BCUT2D eigenvalue weighted by Gasteiger charge is 2.38. The van der Waals surface area contributed by atoms with E-state index in [4.69, 9.17) is 16.6 Å². The van der Waals surface area contributed by atoms with E-state index in [1.165, 1.54) is 11.2 Å². The number of aliphatic carboxylic acids is 1. The van der Waals surface area contributed by atoms with Gasteiger partial charge in [-0.2, -0.15) is 0 Å². The molecule has 164 valence electrons. The number of carbonyl (C=O) groups is 5. The Bertz CT molecular complexity index is 795. The average Bonchev–Trinajstić information content (AvgIpc) is 3.34. The Labute approximate surface area is 172 Å². The predicted octanol–water partition coefficient (Wildman–Crippen LogP) is -2.43. The molecule has 12 nitrogen and oxygen atoms in total.